The van der Waals surface area contributed by atoms with Gasteiger partial charge in [-0.3, -0.25) is 4.79 Å². The fourth-order valence-corrected chi connectivity index (χ4v) is 1.60. The summed E-state index contributed by atoms with van der Waals surface area (Å²) in [6, 6.07) is 5.91. The van der Waals surface area contributed by atoms with E-state index in [1.54, 1.807) is 0 Å². The summed E-state index contributed by atoms with van der Waals surface area (Å²) < 4.78 is 5.33. The van der Waals surface area contributed by atoms with Crippen molar-refractivity contribution < 1.29 is 9.53 Å². The van der Waals surface area contributed by atoms with Crippen molar-refractivity contribution in [2.45, 2.75) is 20.0 Å². The molecule has 2 nitrogen and oxygen atoms in total. The Morgan fingerprint density at radius 3 is 3.08 bits per heavy atom. The van der Waals surface area contributed by atoms with Gasteiger partial charge in [0.25, 0.3) is 0 Å². The van der Waals surface area contributed by atoms with Gasteiger partial charge in [-0.1, -0.05) is 23.8 Å². The smallest absolute Gasteiger partial charge is 0.165 e. The van der Waals surface area contributed by atoms with E-state index in [9.17, 15) is 4.79 Å². The summed E-state index contributed by atoms with van der Waals surface area (Å²) in [5, 5.41) is 0. The highest BCUT2D eigenvalue weighted by molar-refractivity contribution is 5.97. The van der Waals surface area contributed by atoms with Crippen LogP contribution in [0.15, 0.2) is 18.2 Å². The molecule has 0 aliphatic carbocycles. The molecule has 1 heterocycles. The van der Waals surface area contributed by atoms with Crippen LogP contribution in [0.3, 0.4) is 0 Å². The minimum absolute atomic E-state index is 0.201. The number of hydrogen-bond donors (Lipinski definition) is 0. The lowest BCUT2D eigenvalue weighted by atomic mass is 10.0. The van der Waals surface area contributed by atoms with Crippen molar-refractivity contribution in [3.05, 3.63) is 34.9 Å². The number of ketones is 1. The molecular formula is C11H12O2. The molecule has 1 aliphatic heterocycles. The largest absolute Gasteiger partial charge is 0.376 e. The summed E-state index contributed by atoms with van der Waals surface area (Å²) in [4.78, 5) is 11.5. The molecule has 1 aliphatic rings. The molecule has 0 aromatic heterocycles. The Kier molecular flexibility index (Phi) is 2.15. The maximum Gasteiger partial charge on any atom is 0.165 e. The topological polar surface area (TPSA) is 26.3 Å². The highest BCUT2D eigenvalue weighted by Crippen LogP contribution is 2.17. The van der Waals surface area contributed by atoms with Crippen molar-refractivity contribution in [2.75, 3.05) is 6.61 Å². The molecule has 0 bridgehead atoms. The second-order valence-corrected chi connectivity index (χ2v) is 3.39. The van der Waals surface area contributed by atoms with Gasteiger partial charge in [0.05, 0.1) is 13.2 Å². The molecular weight excluding hydrogens is 164 g/mol. The molecule has 13 heavy (non-hydrogen) atoms. The molecule has 68 valence electrons. The third kappa shape index (κ3) is 1.63. The fraction of sp³-hybridized carbons (Fsp3) is 0.364. The quantitative estimate of drug-likeness (QED) is 0.605. The zero-order valence-corrected chi connectivity index (χ0v) is 7.67. The molecule has 0 unspecified atom stereocenters. The molecule has 0 atom stereocenters. The highest BCUT2D eigenvalue weighted by atomic mass is 16.5. The van der Waals surface area contributed by atoms with E-state index in [1.165, 1.54) is 5.56 Å². The average Bonchev–Trinajstić information content (AvgIpc) is 2.28. The van der Waals surface area contributed by atoms with Crippen LogP contribution >= 0.6 is 0 Å². The molecule has 0 amide bonds. The minimum atomic E-state index is 0.201. The van der Waals surface area contributed by atoms with Crippen molar-refractivity contribution in [3.63, 3.8) is 0 Å². The number of Topliss-reactive ketones (excluding diaryl/α,β-unsaturated/α-hetero) is 1. The van der Waals surface area contributed by atoms with Gasteiger partial charge in [0, 0.05) is 12.0 Å². The van der Waals surface area contributed by atoms with Gasteiger partial charge in [-0.25, -0.2) is 0 Å². The van der Waals surface area contributed by atoms with Crippen LogP contribution in [0.4, 0.5) is 0 Å². The zero-order chi connectivity index (χ0) is 9.26. The predicted octanol–water partition coefficient (Wildman–Crippen LogP) is 2.10. The summed E-state index contributed by atoms with van der Waals surface area (Å²) in [5.74, 6) is 0.201. The van der Waals surface area contributed by atoms with E-state index in [4.69, 9.17) is 4.74 Å². The molecule has 0 saturated heterocycles. The van der Waals surface area contributed by atoms with E-state index in [0.717, 1.165) is 11.1 Å². The van der Waals surface area contributed by atoms with E-state index in [2.05, 4.69) is 0 Å². The SMILES string of the molecule is Cc1ccc2c(c1)COCCC2=O. The molecule has 0 spiro atoms. The number of aryl methyl sites for hydroxylation is 1. The molecule has 1 aromatic carbocycles. The third-order valence-corrected chi connectivity index (χ3v) is 2.29. The van der Waals surface area contributed by atoms with Crippen LogP contribution in [0.25, 0.3) is 0 Å². The third-order valence-electron chi connectivity index (χ3n) is 2.29. The van der Waals surface area contributed by atoms with Crippen molar-refractivity contribution >= 4 is 5.78 Å². The number of hydrogen-bond acceptors (Lipinski definition) is 2. The first kappa shape index (κ1) is 8.45. The maximum absolute atomic E-state index is 11.5. The molecule has 0 fully saturated rings. The molecule has 0 radical (unpaired) electrons. The Morgan fingerprint density at radius 2 is 2.23 bits per heavy atom. The van der Waals surface area contributed by atoms with Crippen LogP contribution in [-0.2, 0) is 11.3 Å². The van der Waals surface area contributed by atoms with E-state index in [0.29, 0.717) is 19.6 Å². The molecule has 0 N–H and O–H groups in total. The molecule has 2 heteroatoms. The Bertz CT molecular complexity index is 342. The summed E-state index contributed by atoms with van der Waals surface area (Å²) in [6.07, 6.45) is 0.510. The number of ether oxygens (including phenoxy) is 1. The van der Waals surface area contributed by atoms with Gasteiger partial charge in [0.1, 0.15) is 0 Å². The first-order valence-corrected chi connectivity index (χ1v) is 4.48. The Balaban J connectivity index is 2.48. The Labute approximate surface area is 77.5 Å². The maximum atomic E-state index is 11.5. The number of benzene rings is 1. The summed E-state index contributed by atoms with van der Waals surface area (Å²) in [6.45, 7) is 3.14. The predicted molar refractivity (Wildman–Crippen MR) is 49.8 cm³/mol. The lowest BCUT2D eigenvalue weighted by Crippen LogP contribution is -2.00. The standard InChI is InChI=1S/C11H12O2/c1-8-2-3-10-9(6-8)7-13-5-4-11(10)12/h2-3,6H,4-5,7H2,1H3. The van der Waals surface area contributed by atoms with E-state index >= 15 is 0 Å². The molecule has 2 rings (SSSR count). The molecule has 1 aromatic rings. The monoisotopic (exact) mass is 176 g/mol. The lowest BCUT2D eigenvalue weighted by molar-refractivity contribution is 0.0898. The van der Waals surface area contributed by atoms with Gasteiger partial charge in [0.15, 0.2) is 5.78 Å². The fourth-order valence-electron chi connectivity index (χ4n) is 1.60. The summed E-state index contributed by atoms with van der Waals surface area (Å²) in [7, 11) is 0. The van der Waals surface area contributed by atoms with Gasteiger partial charge in [-0.05, 0) is 12.5 Å². The second kappa shape index (κ2) is 3.30. The normalized spacial score (nSPS) is 16.5. The van der Waals surface area contributed by atoms with Crippen molar-refractivity contribution in [1.82, 2.24) is 0 Å². The van der Waals surface area contributed by atoms with Crippen LogP contribution in [0.2, 0.25) is 0 Å². The van der Waals surface area contributed by atoms with Crippen LogP contribution in [0, 0.1) is 6.92 Å². The summed E-state index contributed by atoms with van der Waals surface area (Å²) >= 11 is 0. The minimum Gasteiger partial charge on any atom is -0.376 e. The van der Waals surface area contributed by atoms with Crippen molar-refractivity contribution in [1.29, 1.82) is 0 Å². The van der Waals surface area contributed by atoms with E-state index in [1.807, 2.05) is 25.1 Å². The first-order valence-electron chi connectivity index (χ1n) is 4.48. The van der Waals surface area contributed by atoms with Gasteiger partial charge in [-0.15, -0.1) is 0 Å². The lowest BCUT2D eigenvalue weighted by Gasteiger charge is -2.04. The second-order valence-electron chi connectivity index (χ2n) is 3.39. The Hall–Kier alpha value is -1.15. The van der Waals surface area contributed by atoms with Crippen LogP contribution in [0.1, 0.15) is 27.9 Å². The average molecular weight is 176 g/mol. The van der Waals surface area contributed by atoms with Gasteiger partial charge in [0.2, 0.25) is 0 Å². The number of carbonyl (C=O) groups excluding carboxylic acids is 1. The van der Waals surface area contributed by atoms with Crippen LogP contribution in [0.5, 0.6) is 0 Å². The summed E-state index contributed by atoms with van der Waals surface area (Å²) in [5.41, 5.74) is 3.04. The van der Waals surface area contributed by atoms with Crippen molar-refractivity contribution in [2.24, 2.45) is 0 Å². The van der Waals surface area contributed by atoms with E-state index in [-0.39, 0.29) is 5.78 Å². The number of fused-ring (bicyclic) bond motifs is 1. The first-order chi connectivity index (χ1) is 6.27. The van der Waals surface area contributed by atoms with Crippen LogP contribution in [-0.4, -0.2) is 12.4 Å². The Morgan fingerprint density at radius 1 is 1.38 bits per heavy atom. The van der Waals surface area contributed by atoms with Gasteiger partial charge < -0.3 is 4.74 Å². The van der Waals surface area contributed by atoms with Gasteiger partial charge >= 0.3 is 0 Å². The molecule has 0 saturated carbocycles. The number of carbonyl (C=O) groups is 1. The van der Waals surface area contributed by atoms with E-state index < -0.39 is 0 Å². The van der Waals surface area contributed by atoms with Gasteiger partial charge in [-0.2, -0.15) is 0 Å². The highest BCUT2D eigenvalue weighted by Gasteiger charge is 2.14. The zero-order valence-electron chi connectivity index (χ0n) is 7.67. The van der Waals surface area contributed by atoms with Crippen LogP contribution < -0.4 is 0 Å². The van der Waals surface area contributed by atoms with Crippen molar-refractivity contribution in [3.8, 4) is 0 Å². The number of rotatable bonds is 0.